The summed E-state index contributed by atoms with van der Waals surface area (Å²) in [4.78, 5) is 52.6. The number of aromatic nitrogens is 3. The third-order valence-corrected chi connectivity index (χ3v) is 6.36. The van der Waals surface area contributed by atoms with Crippen LogP contribution in [0.2, 0.25) is 0 Å². The topological polar surface area (TPSA) is 155 Å². The second-order valence-electron chi connectivity index (χ2n) is 8.30. The van der Waals surface area contributed by atoms with Crippen LogP contribution < -0.4 is 22.0 Å². The largest absolute Gasteiger partial charge is 0.466 e. The lowest BCUT2D eigenvalue weighted by molar-refractivity contribution is -0.139. The quantitative estimate of drug-likeness (QED) is 0.484. The second kappa shape index (κ2) is 9.98. The Labute approximate surface area is 216 Å². The first-order valence-corrected chi connectivity index (χ1v) is 11.3. The normalized spacial score (nSPS) is 15.3. The Balaban J connectivity index is 1.97. The molecule has 3 aromatic rings. The van der Waals surface area contributed by atoms with Crippen molar-refractivity contribution in [2.75, 3.05) is 19.1 Å². The predicted octanol–water partition coefficient (Wildman–Crippen LogP) is 0.772. The van der Waals surface area contributed by atoms with Gasteiger partial charge in [0.15, 0.2) is 0 Å². The molecule has 194 valence electrons. The predicted molar refractivity (Wildman–Crippen MR) is 136 cm³/mol. The Kier molecular flexibility index (Phi) is 6.77. The number of allylic oxidation sites excluding steroid dienone is 1. The molecule has 2 N–H and O–H groups in total. The first kappa shape index (κ1) is 25.8. The minimum atomic E-state index is -0.996. The van der Waals surface area contributed by atoms with Crippen LogP contribution in [-0.4, -0.2) is 40.1 Å². The van der Waals surface area contributed by atoms with E-state index in [0.29, 0.717) is 5.56 Å². The summed E-state index contributed by atoms with van der Waals surface area (Å²) in [5, 5.41) is 10.1. The molecule has 0 saturated heterocycles. The Morgan fingerprint density at radius 3 is 1.89 bits per heavy atom. The molecule has 0 radical (unpaired) electrons. The van der Waals surface area contributed by atoms with Gasteiger partial charge >= 0.3 is 23.3 Å². The molecule has 1 aliphatic heterocycles. The van der Waals surface area contributed by atoms with Gasteiger partial charge in [0.2, 0.25) is 0 Å². The van der Waals surface area contributed by atoms with Crippen molar-refractivity contribution in [3.63, 3.8) is 0 Å². The van der Waals surface area contributed by atoms with Crippen molar-refractivity contribution in [1.29, 1.82) is 5.26 Å². The average molecular weight is 517 g/mol. The lowest BCUT2D eigenvalue weighted by Crippen LogP contribution is -2.40. The van der Waals surface area contributed by atoms with E-state index in [1.54, 1.807) is 30.3 Å². The Morgan fingerprint density at radius 2 is 1.39 bits per heavy atom. The molecule has 0 spiro atoms. The molecule has 12 heteroatoms. The van der Waals surface area contributed by atoms with Crippen LogP contribution in [0.4, 0.5) is 5.69 Å². The van der Waals surface area contributed by atoms with Gasteiger partial charge in [0.05, 0.1) is 43.0 Å². The van der Waals surface area contributed by atoms with Crippen LogP contribution in [0.3, 0.4) is 0 Å². The van der Waals surface area contributed by atoms with Gasteiger partial charge in [0.25, 0.3) is 0 Å². The number of benzene rings is 2. The molecule has 1 atom stereocenters. The standard InChI is InChI=1S/C26H24N6O6/c1-29-25(35)32(26(36)30(29)2)17-12-10-16(11-13-17)31-21(24(34)38-4)20(23(33)37-3)19(18(14-27)22(31)28)15-8-6-5-7-9-15/h5-13,19H,28H2,1-4H3. The molecule has 0 amide bonds. The highest BCUT2D eigenvalue weighted by molar-refractivity contribution is 6.06. The average Bonchev–Trinajstić information content (AvgIpc) is 3.14. The number of nitrogens with zero attached hydrogens (tertiary/aromatic N) is 5. The number of hydrogen-bond donors (Lipinski definition) is 1. The van der Waals surface area contributed by atoms with Crippen LogP contribution in [0, 0.1) is 11.3 Å². The monoisotopic (exact) mass is 516 g/mol. The molecule has 1 aliphatic rings. The van der Waals surface area contributed by atoms with E-state index in [1.165, 1.54) is 43.3 Å². The Hall–Kier alpha value is -5.31. The van der Waals surface area contributed by atoms with Gasteiger partial charge < -0.3 is 15.2 Å². The molecule has 2 aromatic carbocycles. The zero-order chi connectivity index (χ0) is 27.7. The highest BCUT2D eigenvalue weighted by Gasteiger charge is 2.43. The van der Waals surface area contributed by atoms with Crippen LogP contribution >= 0.6 is 0 Å². The summed E-state index contributed by atoms with van der Waals surface area (Å²) in [5.41, 5.74) is 6.10. The summed E-state index contributed by atoms with van der Waals surface area (Å²) in [7, 11) is 5.24. The number of esters is 2. The van der Waals surface area contributed by atoms with Crippen LogP contribution in [0.5, 0.6) is 0 Å². The maximum Gasteiger partial charge on any atom is 0.355 e. The molecule has 38 heavy (non-hydrogen) atoms. The van der Waals surface area contributed by atoms with E-state index in [-0.39, 0.29) is 34.0 Å². The molecule has 1 aromatic heterocycles. The third kappa shape index (κ3) is 3.96. The molecule has 12 nitrogen and oxygen atoms in total. The Morgan fingerprint density at radius 1 is 0.868 bits per heavy atom. The van der Waals surface area contributed by atoms with Gasteiger partial charge in [-0.15, -0.1) is 0 Å². The minimum Gasteiger partial charge on any atom is -0.466 e. The van der Waals surface area contributed by atoms with E-state index in [4.69, 9.17) is 15.2 Å². The third-order valence-electron chi connectivity index (χ3n) is 6.36. The van der Waals surface area contributed by atoms with E-state index < -0.39 is 29.2 Å². The van der Waals surface area contributed by atoms with Gasteiger partial charge in [-0.05, 0) is 29.8 Å². The van der Waals surface area contributed by atoms with Crippen LogP contribution in [0.1, 0.15) is 11.5 Å². The lowest BCUT2D eigenvalue weighted by Gasteiger charge is -2.35. The molecular formula is C26H24N6O6. The SMILES string of the molecule is COC(=O)C1=C(C(=O)OC)N(c2ccc(-n3c(=O)n(C)n(C)c3=O)cc2)C(N)=C(C#N)C1c1ccccc1. The Bertz CT molecular complexity index is 1620. The fraction of sp³-hybridized carbons (Fsp3) is 0.192. The van der Waals surface area contributed by atoms with E-state index in [9.17, 15) is 24.4 Å². The fourth-order valence-electron chi connectivity index (χ4n) is 4.38. The maximum atomic E-state index is 13.1. The van der Waals surface area contributed by atoms with E-state index in [0.717, 1.165) is 28.2 Å². The van der Waals surface area contributed by atoms with Gasteiger partial charge in [0, 0.05) is 19.8 Å². The number of carbonyl (C=O) groups excluding carboxylic acids is 2. The molecule has 1 unspecified atom stereocenters. The molecule has 4 rings (SSSR count). The van der Waals surface area contributed by atoms with Crippen molar-refractivity contribution < 1.29 is 19.1 Å². The summed E-state index contributed by atoms with van der Waals surface area (Å²) in [6, 6.07) is 16.7. The number of methoxy groups -OCH3 is 2. The highest BCUT2D eigenvalue weighted by Crippen LogP contribution is 2.43. The molecule has 0 saturated carbocycles. The zero-order valence-corrected chi connectivity index (χ0v) is 21.0. The van der Waals surface area contributed by atoms with Crippen molar-refractivity contribution in [3.8, 4) is 11.8 Å². The van der Waals surface area contributed by atoms with Crippen LogP contribution in [0.15, 0.2) is 86.9 Å². The number of rotatable bonds is 5. The number of hydrogen-bond acceptors (Lipinski definition) is 9. The summed E-state index contributed by atoms with van der Waals surface area (Å²) in [5.74, 6) is -2.83. The summed E-state index contributed by atoms with van der Waals surface area (Å²) < 4.78 is 13.3. The molecule has 0 fully saturated rings. The first-order valence-electron chi connectivity index (χ1n) is 11.3. The van der Waals surface area contributed by atoms with Gasteiger partial charge in [0.1, 0.15) is 11.5 Å². The molecule has 0 aliphatic carbocycles. The van der Waals surface area contributed by atoms with Gasteiger partial charge in [-0.2, -0.15) is 5.26 Å². The van der Waals surface area contributed by atoms with Crippen molar-refractivity contribution in [2.45, 2.75) is 5.92 Å². The van der Waals surface area contributed by atoms with Gasteiger partial charge in [-0.1, -0.05) is 30.3 Å². The zero-order valence-electron chi connectivity index (χ0n) is 21.0. The fourth-order valence-corrected chi connectivity index (χ4v) is 4.38. The maximum absolute atomic E-state index is 13.1. The highest BCUT2D eigenvalue weighted by atomic mass is 16.5. The smallest absolute Gasteiger partial charge is 0.355 e. The van der Waals surface area contributed by atoms with Crippen LogP contribution in [0.25, 0.3) is 5.69 Å². The van der Waals surface area contributed by atoms with E-state index >= 15 is 0 Å². The summed E-state index contributed by atoms with van der Waals surface area (Å²) in [6.45, 7) is 0. The van der Waals surface area contributed by atoms with E-state index in [2.05, 4.69) is 6.07 Å². The second-order valence-corrected chi connectivity index (χ2v) is 8.30. The number of carbonyl (C=O) groups is 2. The van der Waals surface area contributed by atoms with Crippen molar-refractivity contribution in [2.24, 2.45) is 19.8 Å². The van der Waals surface area contributed by atoms with Crippen LogP contribution in [-0.2, 0) is 33.2 Å². The molecule has 0 bridgehead atoms. The van der Waals surface area contributed by atoms with Gasteiger partial charge in [-0.25, -0.2) is 33.1 Å². The van der Waals surface area contributed by atoms with E-state index in [1.807, 2.05) is 0 Å². The number of ether oxygens (including phenoxy) is 2. The summed E-state index contributed by atoms with van der Waals surface area (Å²) >= 11 is 0. The van der Waals surface area contributed by atoms with Gasteiger partial charge in [-0.3, -0.25) is 4.90 Å². The number of anilines is 1. The van der Waals surface area contributed by atoms with Crippen molar-refractivity contribution >= 4 is 17.6 Å². The van der Waals surface area contributed by atoms with Crippen molar-refractivity contribution in [3.05, 3.63) is 104 Å². The van der Waals surface area contributed by atoms with Crippen molar-refractivity contribution in [1.82, 2.24) is 13.9 Å². The number of nitriles is 1. The summed E-state index contributed by atoms with van der Waals surface area (Å²) in [6.07, 6.45) is 0. The first-order chi connectivity index (χ1) is 18.2. The molecule has 2 heterocycles. The minimum absolute atomic E-state index is 0.0153. The molecular weight excluding hydrogens is 492 g/mol. The lowest BCUT2D eigenvalue weighted by atomic mass is 9.81. The number of nitrogens with two attached hydrogens (primary N) is 1.